The van der Waals surface area contributed by atoms with E-state index in [2.05, 4.69) is 33.4 Å². The van der Waals surface area contributed by atoms with Crippen LogP contribution in [0.3, 0.4) is 0 Å². The van der Waals surface area contributed by atoms with E-state index >= 15 is 0 Å². The van der Waals surface area contributed by atoms with Crippen molar-refractivity contribution in [2.75, 3.05) is 13.1 Å². The van der Waals surface area contributed by atoms with Gasteiger partial charge in [0, 0.05) is 13.0 Å². The predicted octanol–water partition coefficient (Wildman–Crippen LogP) is 1.94. The highest BCUT2D eigenvalue weighted by Gasteiger charge is 2.24. The van der Waals surface area contributed by atoms with Gasteiger partial charge in [-0.15, -0.1) is 20.4 Å². The smallest absolute Gasteiger partial charge is 0.283 e. The topological polar surface area (TPSA) is 131 Å². The number of aliphatic hydroxyl groups excluding tert-OH is 1. The zero-order valence-electron chi connectivity index (χ0n) is 17.5. The van der Waals surface area contributed by atoms with Crippen LogP contribution in [-0.4, -0.2) is 43.2 Å². The Morgan fingerprint density at radius 2 is 2.16 bits per heavy atom. The average Bonchev–Trinajstić information content (AvgIpc) is 3.49. The van der Waals surface area contributed by atoms with Gasteiger partial charge in [0.2, 0.25) is 0 Å². The number of aliphatic hydroxyl groups is 1. The SMILES string of the molecule is CCC[NH+](C/C(O)=C(\C#N)c1nnc2n1CCCCC2)Cc1nnc(-c2ccco2)o1. The molecule has 0 bridgehead atoms. The third-order valence-electron chi connectivity index (χ3n) is 5.35. The zero-order valence-corrected chi connectivity index (χ0v) is 17.5. The molecule has 1 atom stereocenters. The molecule has 4 heterocycles. The van der Waals surface area contributed by atoms with Crippen LogP contribution >= 0.6 is 0 Å². The molecule has 0 fully saturated rings. The number of hydrogen-bond acceptors (Lipinski definition) is 8. The molecular formula is C21H26N7O3+. The van der Waals surface area contributed by atoms with Gasteiger partial charge in [0.1, 0.15) is 24.0 Å². The van der Waals surface area contributed by atoms with E-state index in [9.17, 15) is 10.4 Å². The molecule has 162 valence electrons. The quantitative estimate of drug-likeness (QED) is 0.414. The summed E-state index contributed by atoms with van der Waals surface area (Å²) in [6.07, 6.45) is 6.48. The van der Waals surface area contributed by atoms with Crippen molar-refractivity contribution in [2.24, 2.45) is 0 Å². The average molecular weight is 424 g/mol. The Labute approximate surface area is 179 Å². The molecule has 3 aromatic heterocycles. The maximum absolute atomic E-state index is 10.9. The minimum atomic E-state index is -0.00355. The van der Waals surface area contributed by atoms with Crippen molar-refractivity contribution >= 4 is 5.57 Å². The summed E-state index contributed by atoms with van der Waals surface area (Å²) in [5, 5.41) is 37.2. The van der Waals surface area contributed by atoms with Crippen molar-refractivity contribution in [2.45, 2.75) is 52.1 Å². The van der Waals surface area contributed by atoms with E-state index in [0.717, 1.165) is 55.9 Å². The molecule has 0 radical (unpaired) electrons. The largest absolute Gasteiger partial charge is 0.506 e. The van der Waals surface area contributed by atoms with E-state index in [0.29, 0.717) is 29.9 Å². The number of rotatable bonds is 8. The lowest BCUT2D eigenvalue weighted by Crippen LogP contribution is -3.11. The second kappa shape index (κ2) is 9.57. The molecule has 3 aromatic rings. The first-order valence-corrected chi connectivity index (χ1v) is 10.6. The van der Waals surface area contributed by atoms with Crippen LogP contribution in [-0.2, 0) is 19.5 Å². The Morgan fingerprint density at radius 1 is 1.26 bits per heavy atom. The van der Waals surface area contributed by atoms with Crippen LogP contribution in [0.15, 0.2) is 33.0 Å². The zero-order chi connectivity index (χ0) is 21.6. The van der Waals surface area contributed by atoms with Gasteiger partial charge < -0.3 is 23.4 Å². The Bertz CT molecular complexity index is 1080. The van der Waals surface area contributed by atoms with E-state index in [-0.39, 0.29) is 17.9 Å². The number of nitriles is 1. The summed E-state index contributed by atoms with van der Waals surface area (Å²) in [6.45, 7) is 4.25. The Kier molecular flexibility index (Phi) is 6.43. The molecule has 0 amide bonds. The van der Waals surface area contributed by atoms with Gasteiger partial charge in [0.15, 0.2) is 23.9 Å². The van der Waals surface area contributed by atoms with Gasteiger partial charge in [-0.3, -0.25) is 0 Å². The summed E-state index contributed by atoms with van der Waals surface area (Å²) in [5.41, 5.74) is 0.177. The Balaban J connectivity index is 1.53. The lowest BCUT2D eigenvalue weighted by atomic mass is 10.2. The molecule has 0 saturated carbocycles. The van der Waals surface area contributed by atoms with Crippen molar-refractivity contribution in [1.82, 2.24) is 25.0 Å². The Hall–Kier alpha value is -3.45. The van der Waals surface area contributed by atoms with Gasteiger partial charge in [0.05, 0.1) is 12.8 Å². The van der Waals surface area contributed by atoms with E-state index in [1.807, 2.05) is 4.57 Å². The highest BCUT2D eigenvalue weighted by Crippen LogP contribution is 2.21. The number of nitrogens with one attached hydrogen (secondary N) is 1. The van der Waals surface area contributed by atoms with Crippen molar-refractivity contribution < 1.29 is 18.8 Å². The first-order valence-electron chi connectivity index (χ1n) is 10.6. The fraction of sp³-hybridized carbons (Fsp3) is 0.476. The molecule has 10 heteroatoms. The van der Waals surface area contributed by atoms with Gasteiger partial charge in [-0.05, 0) is 31.4 Å². The van der Waals surface area contributed by atoms with Gasteiger partial charge in [-0.2, -0.15) is 5.26 Å². The lowest BCUT2D eigenvalue weighted by Gasteiger charge is -2.17. The summed E-state index contributed by atoms with van der Waals surface area (Å²) >= 11 is 0. The summed E-state index contributed by atoms with van der Waals surface area (Å²) in [6, 6.07) is 5.65. The van der Waals surface area contributed by atoms with Crippen molar-refractivity contribution in [3.63, 3.8) is 0 Å². The molecule has 1 aliphatic heterocycles. The molecule has 2 N–H and O–H groups in total. The van der Waals surface area contributed by atoms with Gasteiger partial charge >= 0.3 is 0 Å². The fourth-order valence-corrected chi connectivity index (χ4v) is 3.87. The molecule has 1 aliphatic rings. The van der Waals surface area contributed by atoms with Crippen LogP contribution in [0.25, 0.3) is 17.2 Å². The van der Waals surface area contributed by atoms with E-state index in [4.69, 9.17) is 8.83 Å². The van der Waals surface area contributed by atoms with Crippen LogP contribution in [0.4, 0.5) is 0 Å². The number of allylic oxidation sites excluding steroid dienone is 1. The molecule has 0 spiro atoms. The number of fused-ring (bicyclic) bond motifs is 1. The lowest BCUT2D eigenvalue weighted by molar-refractivity contribution is -0.911. The van der Waals surface area contributed by atoms with Gasteiger partial charge in [-0.25, -0.2) is 0 Å². The molecular weight excluding hydrogens is 398 g/mol. The third kappa shape index (κ3) is 4.67. The molecule has 1 unspecified atom stereocenters. The Morgan fingerprint density at radius 3 is 2.94 bits per heavy atom. The summed E-state index contributed by atoms with van der Waals surface area (Å²) in [5.74, 6) is 2.60. The normalized spacial score (nSPS) is 15.6. The second-order valence-electron chi connectivity index (χ2n) is 7.67. The van der Waals surface area contributed by atoms with Gasteiger partial charge in [-0.1, -0.05) is 13.3 Å². The maximum atomic E-state index is 10.9. The van der Waals surface area contributed by atoms with Gasteiger partial charge in [0.25, 0.3) is 11.8 Å². The summed E-state index contributed by atoms with van der Waals surface area (Å²) in [7, 11) is 0. The summed E-state index contributed by atoms with van der Waals surface area (Å²) < 4.78 is 13.0. The van der Waals surface area contributed by atoms with E-state index in [1.165, 1.54) is 0 Å². The number of aromatic nitrogens is 5. The number of nitrogens with zero attached hydrogens (tertiary/aromatic N) is 6. The van der Waals surface area contributed by atoms with Crippen LogP contribution in [0.2, 0.25) is 0 Å². The number of hydrogen-bond donors (Lipinski definition) is 2. The molecule has 0 aromatic carbocycles. The van der Waals surface area contributed by atoms with Crippen LogP contribution in [0.5, 0.6) is 0 Å². The minimum absolute atomic E-state index is 0.00355. The highest BCUT2D eigenvalue weighted by atomic mass is 16.4. The van der Waals surface area contributed by atoms with Crippen LogP contribution in [0.1, 0.15) is 50.1 Å². The molecule has 0 aliphatic carbocycles. The highest BCUT2D eigenvalue weighted by molar-refractivity contribution is 5.74. The van der Waals surface area contributed by atoms with Crippen molar-refractivity contribution in [3.8, 4) is 17.7 Å². The minimum Gasteiger partial charge on any atom is -0.506 e. The van der Waals surface area contributed by atoms with Crippen LogP contribution in [0, 0.1) is 11.3 Å². The monoisotopic (exact) mass is 424 g/mol. The van der Waals surface area contributed by atoms with E-state index < -0.39 is 0 Å². The standard InChI is InChI=1S/C21H25N7O3/c1-2-9-27(14-19-24-26-21(31-19)17-7-6-11-30-17)13-16(29)15(12-22)20-25-23-18-8-4-3-5-10-28(18)20/h6-7,11,29H,2-5,8-10,13-14H2,1H3/p+1/b16-15-. The summed E-state index contributed by atoms with van der Waals surface area (Å²) in [4.78, 5) is 0.998. The molecule has 31 heavy (non-hydrogen) atoms. The second-order valence-corrected chi connectivity index (χ2v) is 7.67. The van der Waals surface area contributed by atoms with Crippen LogP contribution < -0.4 is 4.90 Å². The third-order valence-corrected chi connectivity index (χ3v) is 5.35. The molecule has 4 rings (SSSR count). The molecule has 10 nitrogen and oxygen atoms in total. The fourth-order valence-electron chi connectivity index (χ4n) is 3.87. The number of furan rings is 1. The van der Waals surface area contributed by atoms with Crippen molar-refractivity contribution in [3.05, 3.63) is 41.7 Å². The molecule has 0 saturated heterocycles. The number of aryl methyl sites for hydroxylation is 1. The number of quaternary nitrogens is 1. The maximum Gasteiger partial charge on any atom is 0.283 e. The first-order chi connectivity index (χ1) is 15.2. The van der Waals surface area contributed by atoms with E-state index in [1.54, 1.807) is 18.4 Å². The first kappa shape index (κ1) is 20.8. The predicted molar refractivity (Wildman–Crippen MR) is 109 cm³/mol. The van der Waals surface area contributed by atoms with Crippen molar-refractivity contribution in [1.29, 1.82) is 5.26 Å².